The van der Waals surface area contributed by atoms with Crippen LogP contribution in [-0.2, 0) is 4.74 Å². The first kappa shape index (κ1) is 15.6. The summed E-state index contributed by atoms with van der Waals surface area (Å²) in [6.07, 6.45) is 2.37. The van der Waals surface area contributed by atoms with E-state index in [2.05, 4.69) is 5.32 Å². The lowest BCUT2D eigenvalue weighted by Crippen LogP contribution is -2.16. The highest BCUT2D eigenvalue weighted by atomic mass is 16.5. The summed E-state index contributed by atoms with van der Waals surface area (Å²) in [4.78, 5) is 12.2. The van der Waals surface area contributed by atoms with Crippen molar-refractivity contribution < 1.29 is 14.3 Å². The highest BCUT2D eigenvalue weighted by Crippen LogP contribution is 2.19. The van der Waals surface area contributed by atoms with Crippen molar-refractivity contribution in [2.75, 3.05) is 18.5 Å². The second-order valence-corrected chi connectivity index (χ2v) is 5.79. The van der Waals surface area contributed by atoms with Crippen molar-refractivity contribution in [2.24, 2.45) is 0 Å². The largest absolute Gasteiger partial charge is 0.491 e. The number of ether oxygens (including phenoxy) is 2. The summed E-state index contributed by atoms with van der Waals surface area (Å²) < 4.78 is 11.2. The lowest BCUT2D eigenvalue weighted by atomic mass is 10.1. The van der Waals surface area contributed by atoms with Gasteiger partial charge in [0.15, 0.2) is 0 Å². The third-order valence-corrected chi connectivity index (χ3v) is 3.85. The van der Waals surface area contributed by atoms with Crippen LogP contribution in [0, 0.1) is 6.92 Å². The van der Waals surface area contributed by atoms with Crippen molar-refractivity contribution in [3.8, 4) is 5.75 Å². The lowest BCUT2D eigenvalue weighted by Gasteiger charge is -2.12. The molecule has 120 valence electrons. The summed E-state index contributed by atoms with van der Waals surface area (Å²) in [5, 5.41) is 2.89. The Hall–Kier alpha value is -2.33. The molecule has 0 aromatic heterocycles. The van der Waals surface area contributed by atoms with E-state index in [0.29, 0.717) is 12.2 Å². The molecule has 1 N–H and O–H groups in total. The van der Waals surface area contributed by atoms with Crippen LogP contribution in [0.4, 0.5) is 5.69 Å². The molecular weight excluding hydrogens is 290 g/mol. The molecule has 1 aliphatic heterocycles. The zero-order chi connectivity index (χ0) is 16.1. The van der Waals surface area contributed by atoms with E-state index in [0.717, 1.165) is 36.4 Å². The smallest absolute Gasteiger partial charge is 0.255 e. The highest BCUT2D eigenvalue weighted by Gasteiger charge is 2.15. The molecule has 1 fully saturated rings. The van der Waals surface area contributed by atoms with Crippen molar-refractivity contribution in [1.82, 2.24) is 0 Å². The van der Waals surface area contributed by atoms with Crippen LogP contribution in [0.5, 0.6) is 5.75 Å². The van der Waals surface area contributed by atoms with Crippen LogP contribution in [0.3, 0.4) is 0 Å². The van der Waals surface area contributed by atoms with Gasteiger partial charge < -0.3 is 14.8 Å². The molecule has 1 saturated heterocycles. The molecule has 0 aliphatic carbocycles. The van der Waals surface area contributed by atoms with E-state index in [1.807, 2.05) is 49.4 Å². The van der Waals surface area contributed by atoms with Crippen LogP contribution in [0.2, 0.25) is 0 Å². The van der Waals surface area contributed by atoms with Crippen LogP contribution >= 0.6 is 0 Å². The summed E-state index contributed by atoms with van der Waals surface area (Å²) in [6, 6.07) is 14.9. The number of rotatable bonds is 5. The number of benzene rings is 2. The van der Waals surface area contributed by atoms with Crippen molar-refractivity contribution in [3.63, 3.8) is 0 Å². The van der Waals surface area contributed by atoms with E-state index in [9.17, 15) is 4.79 Å². The van der Waals surface area contributed by atoms with Crippen LogP contribution < -0.4 is 10.1 Å². The number of carbonyl (C=O) groups excluding carboxylic acids is 1. The Bertz CT molecular complexity index is 661. The minimum atomic E-state index is -0.110. The minimum absolute atomic E-state index is 0.110. The Kier molecular flexibility index (Phi) is 4.93. The van der Waals surface area contributed by atoms with Gasteiger partial charge in [0.2, 0.25) is 0 Å². The molecule has 0 saturated carbocycles. The predicted molar refractivity (Wildman–Crippen MR) is 90.0 cm³/mol. The van der Waals surface area contributed by atoms with Gasteiger partial charge in [0.25, 0.3) is 5.91 Å². The second-order valence-electron chi connectivity index (χ2n) is 5.79. The standard InChI is InChI=1S/C19H21NO3/c1-14-4-2-5-15(12-14)19(21)20-16-7-9-17(10-8-16)23-13-18-6-3-11-22-18/h2,4-5,7-10,12,18H,3,6,11,13H2,1H3,(H,20,21). The average molecular weight is 311 g/mol. The molecule has 0 radical (unpaired) electrons. The van der Waals surface area contributed by atoms with E-state index in [1.165, 1.54) is 0 Å². The summed E-state index contributed by atoms with van der Waals surface area (Å²) in [5.74, 6) is 0.677. The van der Waals surface area contributed by atoms with Gasteiger partial charge >= 0.3 is 0 Å². The Labute approximate surface area is 136 Å². The molecule has 4 nitrogen and oxygen atoms in total. The van der Waals surface area contributed by atoms with E-state index >= 15 is 0 Å². The van der Waals surface area contributed by atoms with Crippen LogP contribution in [-0.4, -0.2) is 25.2 Å². The first-order valence-electron chi connectivity index (χ1n) is 7.93. The summed E-state index contributed by atoms with van der Waals surface area (Å²) in [7, 11) is 0. The summed E-state index contributed by atoms with van der Waals surface area (Å²) in [5.41, 5.74) is 2.47. The molecule has 0 spiro atoms. The van der Waals surface area contributed by atoms with Gasteiger partial charge in [-0.1, -0.05) is 17.7 Å². The minimum Gasteiger partial charge on any atom is -0.491 e. The SMILES string of the molecule is Cc1cccc(C(=O)Nc2ccc(OCC3CCCO3)cc2)c1. The fourth-order valence-corrected chi connectivity index (χ4v) is 2.59. The molecule has 1 atom stereocenters. The molecule has 1 heterocycles. The van der Waals surface area contributed by atoms with Crippen molar-refractivity contribution in [2.45, 2.75) is 25.9 Å². The Morgan fingerprint density at radius 1 is 1.26 bits per heavy atom. The maximum atomic E-state index is 12.2. The predicted octanol–water partition coefficient (Wildman–Crippen LogP) is 3.81. The molecular formula is C19H21NO3. The molecule has 23 heavy (non-hydrogen) atoms. The van der Waals surface area contributed by atoms with E-state index in [1.54, 1.807) is 6.07 Å². The molecule has 0 bridgehead atoms. The van der Waals surface area contributed by atoms with Gasteiger partial charge in [0.1, 0.15) is 12.4 Å². The monoisotopic (exact) mass is 311 g/mol. The fourth-order valence-electron chi connectivity index (χ4n) is 2.59. The van der Waals surface area contributed by atoms with Crippen molar-refractivity contribution in [1.29, 1.82) is 0 Å². The van der Waals surface area contributed by atoms with Crippen molar-refractivity contribution in [3.05, 3.63) is 59.7 Å². The number of carbonyl (C=O) groups is 1. The van der Waals surface area contributed by atoms with Crippen LogP contribution in [0.15, 0.2) is 48.5 Å². The topological polar surface area (TPSA) is 47.6 Å². The number of nitrogens with one attached hydrogen (secondary N) is 1. The first-order valence-corrected chi connectivity index (χ1v) is 7.93. The van der Waals surface area contributed by atoms with Gasteiger partial charge in [-0.15, -0.1) is 0 Å². The van der Waals surface area contributed by atoms with Crippen LogP contribution in [0.1, 0.15) is 28.8 Å². The quantitative estimate of drug-likeness (QED) is 0.913. The van der Waals surface area contributed by atoms with Gasteiger partial charge in [0, 0.05) is 17.9 Å². The average Bonchev–Trinajstić information content (AvgIpc) is 3.08. The fraction of sp³-hybridized carbons (Fsp3) is 0.316. The number of hydrogen-bond acceptors (Lipinski definition) is 3. The third kappa shape index (κ3) is 4.33. The van der Waals surface area contributed by atoms with E-state index in [4.69, 9.17) is 9.47 Å². The van der Waals surface area contributed by atoms with Gasteiger partial charge in [-0.3, -0.25) is 4.79 Å². The molecule has 1 unspecified atom stereocenters. The normalized spacial score (nSPS) is 17.0. The van der Waals surface area contributed by atoms with Gasteiger partial charge in [-0.25, -0.2) is 0 Å². The number of amides is 1. The summed E-state index contributed by atoms with van der Waals surface area (Å²) in [6.45, 7) is 3.38. The number of anilines is 1. The van der Waals surface area contributed by atoms with Gasteiger partial charge in [0.05, 0.1) is 6.10 Å². The number of aryl methyl sites for hydroxylation is 1. The molecule has 2 aromatic rings. The number of hydrogen-bond donors (Lipinski definition) is 1. The van der Waals surface area contributed by atoms with E-state index in [-0.39, 0.29) is 12.0 Å². The zero-order valence-electron chi connectivity index (χ0n) is 13.2. The Morgan fingerprint density at radius 2 is 2.09 bits per heavy atom. The molecule has 3 rings (SSSR count). The molecule has 2 aromatic carbocycles. The third-order valence-electron chi connectivity index (χ3n) is 3.85. The van der Waals surface area contributed by atoms with E-state index < -0.39 is 0 Å². The highest BCUT2D eigenvalue weighted by molar-refractivity contribution is 6.04. The van der Waals surface area contributed by atoms with Crippen LogP contribution in [0.25, 0.3) is 0 Å². The van der Waals surface area contributed by atoms with Gasteiger partial charge in [-0.05, 0) is 56.2 Å². The zero-order valence-corrected chi connectivity index (χ0v) is 13.2. The Balaban J connectivity index is 1.55. The molecule has 1 amide bonds. The van der Waals surface area contributed by atoms with Gasteiger partial charge in [-0.2, -0.15) is 0 Å². The second kappa shape index (κ2) is 7.29. The van der Waals surface area contributed by atoms with Crippen molar-refractivity contribution >= 4 is 11.6 Å². The molecule has 4 heteroatoms. The summed E-state index contributed by atoms with van der Waals surface area (Å²) >= 11 is 0. The maximum Gasteiger partial charge on any atom is 0.255 e. The lowest BCUT2D eigenvalue weighted by molar-refractivity contribution is 0.0679. The maximum absolute atomic E-state index is 12.2. The Morgan fingerprint density at radius 3 is 2.78 bits per heavy atom. The molecule has 1 aliphatic rings. The first-order chi connectivity index (χ1) is 11.2.